The lowest BCUT2D eigenvalue weighted by Gasteiger charge is -2.40. The van der Waals surface area contributed by atoms with Crippen molar-refractivity contribution in [2.75, 3.05) is 0 Å². The second-order valence-electron chi connectivity index (χ2n) is 15.3. The van der Waals surface area contributed by atoms with Crippen LogP contribution in [0.25, 0.3) is 0 Å². The lowest BCUT2D eigenvalue weighted by atomic mass is 9.75. The molecule has 7 unspecified atom stereocenters. The lowest BCUT2D eigenvalue weighted by Crippen LogP contribution is -2.55. The molecule has 1 aliphatic heterocycles. The first-order chi connectivity index (χ1) is 23.8. The van der Waals surface area contributed by atoms with Gasteiger partial charge in [0.25, 0.3) is 0 Å². The second-order valence-corrected chi connectivity index (χ2v) is 15.3. The second kappa shape index (κ2) is 16.5. The molecule has 3 aromatic carbocycles. The van der Waals surface area contributed by atoms with Gasteiger partial charge in [-0.05, 0) is 92.2 Å². The molecule has 6 nitrogen and oxygen atoms in total. The quantitative estimate of drug-likeness (QED) is 0.147. The molecule has 2 aliphatic carbocycles. The van der Waals surface area contributed by atoms with E-state index in [1.54, 1.807) is 0 Å². The molecule has 6 heteroatoms. The molecule has 0 aromatic heterocycles. The number of nitrogens with one attached hydrogen (secondary N) is 1. The van der Waals surface area contributed by atoms with Gasteiger partial charge >= 0.3 is 5.97 Å². The molecule has 3 aromatic rings. The smallest absolute Gasteiger partial charge is 0.329 e. The molecule has 0 bridgehead atoms. The molecule has 3 aliphatic rings. The zero-order chi connectivity index (χ0) is 34.3. The molecule has 0 spiro atoms. The highest BCUT2D eigenvalue weighted by Gasteiger charge is 2.50. The Kier molecular flexibility index (Phi) is 11.9. The fourth-order valence-electron chi connectivity index (χ4n) is 8.78. The molecule has 3 fully saturated rings. The number of rotatable bonds is 13. The van der Waals surface area contributed by atoms with E-state index < -0.39 is 18.2 Å². The van der Waals surface area contributed by atoms with Gasteiger partial charge in [0.1, 0.15) is 12.3 Å². The molecule has 262 valence electrons. The number of carbonyl (C=O) groups excluding carboxylic acids is 2. The third kappa shape index (κ3) is 8.64. The van der Waals surface area contributed by atoms with Crippen molar-refractivity contribution >= 4 is 11.9 Å². The number of ether oxygens (including phenoxy) is 2. The molecule has 49 heavy (non-hydrogen) atoms. The Balaban J connectivity index is 1.20. The van der Waals surface area contributed by atoms with Crippen LogP contribution in [0, 0.1) is 23.7 Å². The zero-order valence-electron chi connectivity index (χ0n) is 29.9. The minimum atomic E-state index is -0.602. The van der Waals surface area contributed by atoms with Crippen molar-refractivity contribution in [3.63, 3.8) is 0 Å². The number of likely N-dealkylation sites (tertiary alicyclic amines) is 1. The van der Waals surface area contributed by atoms with Crippen molar-refractivity contribution in [1.29, 1.82) is 0 Å². The Bertz CT molecular complexity index is 1440. The predicted octanol–water partition coefficient (Wildman–Crippen LogP) is 8.50. The van der Waals surface area contributed by atoms with Crippen molar-refractivity contribution in [3.05, 3.63) is 108 Å². The van der Waals surface area contributed by atoms with Crippen molar-refractivity contribution in [2.24, 2.45) is 23.7 Å². The van der Waals surface area contributed by atoms with Crippen LogP contribution < -0.4 is 5.32 Å². The first-order valence-corrected chi connectivity index (χ1v) is 18.9. The van der Waals surface area contributed by atoms with Crippen LogP contribution in [0.3, 0.4) is 0 Å². The standard InChI is InChI=1S/C43H56N2O4/c1-29(2)36-25-23-30(3)27-39(36)48-40(26-24-32-15-8-5-9-16-32)44-31(4)42(46)45-37-22-14-21-35(37)28-38(45)43(47)49-41(33-17-10-6-11-18-33)34-19-12-7-13-20-34/h5-13,15-20,29-31,35-41,44H,14,21-28H2,1-4H3/t30?,31-,35?,36?,37?,38?,39?,40?/m0/s1. The van der Waals surface area contributed by atoms with Gasteiger partial charge in [-0.15, -0.1) is 0 Å². The van der Waals surface area contributed by atoms with Gasteiger partial charge < -0.3 is 14.4 Å². The van der Waals surface area contributed by atoms with Crippen LogP contribution in [-0.4, -0.2) is 47.2 Å². The molecule has 8 atom stereocenters. The summed E-state index contributed by atoms with van der Waals surface area (Å²) in [6.45, 7) is 8.89. The van der Waals surface area contributed by atoms with E-state index in [2.05, 4.69) is 50.4 Å². The van der Waals surface area contributed by atoms with Gasteiger partial charge in [-0.25, -0.2) is 4.79 Å². The summed E-state index contributed by atoms with van der Waals surface area (Å²) in [6.07, 6.45) is 8.14. The average Bonchev–Trinajstić information content (AvgIpc) is 3.72. The van der Waals surface area contributed by atoms with Gasteiger partial charge in [-0.2, -0.15) is 0 Å². The molecule has 1 heterocycles. The van der Waals surface area contributed by atoms with E-state index in [-0.39, 0.29) is 30.3 Å². The van der Waals surface area contributed by atoms with E-state index in [0.717, 1.165) is 49.7 Å². The third-order valence-electron chi connectivity index (χ3n) is 11.4. The van der Waals surface area contributed by atoms with E-state index in [0.29, 0.717) is 30.1 Å². The summed E-state index contributed by atoms with van der Waals surface area (Å²) in [7, 11) is 0. The number of aryl methyl sites for hydroxylation is 1. The van der Waals surface area contributed by atoms with Crippen LogP contribution in [0.1, 0.15) is 102 Å². The predicted molar refractivity (Wildman–Crippen MR) is 195 cm³/mol. The molecule has 6 rings (SSSR count). The van der Waals surface area contributed by atoms with Crippen LogP contribution in [0.2, 0.25) is 0 Å². The Hall–Kier alpha value is -3.48. The van der Waals surface area contributed by atoms with Crippen LogP contribution in [-0.2, 0) is 25.5 Å². The number of hydrogen-bond acceptors (Lipinski definition) is 5. The normalized spacial score (nSPS) is 26.4. The Morgan fingerprint density at radius 2 is 1.45 bits per heavy atom. The molecule has 1 saturated heterocycles. The summed E-state index contributed by atoms with van der Waals surface area (Å²) < 4.78 is 13.3. The lowest BCUT2D eigenvalue weighted by molar-refractivity contribution is -0.159. The van der Waals surface area contributed by atoms with Crippen LogP contribution >= 0.6 is 0 Å². The van der Waals surface area contributed by atoms with E-state index in [1.165, 1.54) is 18.4 Å². The summed E-state index contributed by atoms with van der Waals surface area (Å²) in [5.74, 6) is 1.64. The molecule has 1 amide bonds. The Morgan fingerprint density at radius 3 is 2.08 bits per heavy atom. The minimum absolute atomic E-state index is 0.0296. The van der Waals surface area contributed by atoms with Gasteiger partial charge in [-0.3, -0.25) is 10.1 Å². The van der Waals surface area contributed by atoms with Gasteiger partial charge in [0.2, 0.25) is 5.91 Å². The van der Waals surface area contributed by atoms with Gasteiger partial charge in [0.05, 0.1) is 12.1 Å². The number of hydrogen-bond donors (Lipinski definition) is 1. The van der Waals surface area contributed by atoms with Crippen molar-refractivity contribution in [1.82, 2.24) is 10.2 Å². The fourth-order valence-corrected chi connectivity index (χ4v) is 8.78. The monoisotopic (exact) mass is 664 g/mol. The molecule has 0 radical (unpaired) electrons. The van der Waals surface area contributed by atoms with Crippen molar-refractivity contribution in [2.45, 2.75) is 122 Å². The van der Waals surface area contributed by atoms with E-state index in [9.17, 15) is 9.59 Å². The van der Waals surface area contributed by atoms with Gasteiger partial charge in [-0.1, -0.05) is 125 Å². The third-order valence-corrected chi connectivity index (χ3v) is 11.4. The molecule has 2 saturated carbocycles. The van der Waals surface area contributed by atoms with Crippen molar-refractivity contribution in [3.8, 4) is 0 Å². The van der Waals surface area contributed by atoms with E-state index in [1.807, 2.05) is 78.6 Å². The topological polar surface area (TPSA) is 67.9 Å². The highest BCUT2D eigenvalue weighted by atomic mass is 16.5. The zero-order valence-corrected chi connectivity index (χ0v) is 29.9. The van der Waals surface area contributed by atoms with Gasteiger partial charge in [0, 0.05) is 6.04 Å². The van der Waals surface area contributed by atoms with Gasteiger partial charge in [0.15, 0.2) is 6.10 Å². The SMILES string of the molecule is CC1CCC(C(C)C)C(OC(CCc2ccccc2)N[C@@H](C)C(=O)N2C(C(=O)OC(c3ccccc3)c3ccccc3)CC3CCCC32)C1. The first kappa shape index (κ1) is 35.3. The van der Waals surface area contributed by atoms with E-state index >= 15 is 0 Å². The van der Waals surface area contributed by atoms with Crippen molar-refractivity contribution < 1.29 is 19.1 Å². The Morgan fingerprint density at radius 1 is 0.816 bits per heavy atom. The number of esters is 1. The summed E-state index contributed by atoms with van der Waals surface area (Å²) in [5, 5.41) is 3.65. The van der Waals surface area contributed by atoms with Crippen LogP contribution in [0.4, 0.5) is 0 Å². The number of amides is 1. The Labute approximate surface area is 294 Å². The number of benzene rings is 3. The number of nitrogens with zero attached hydrogens (tertiary/aromatic N) is 1. The minimum Gasteiger partial charge on any atom is -0.451 e. The van der Waals surface area contributed by atoms with Crippen LogP contribution in [0.5, 0.6) is 0 Å². The highest BCUT2D eigenvalue weighted by Crippen LogP contribution is 2.43. The summed E-state index contributed by atoms with van der Waals surface area (Å²) in [5.41, 5.74) is 3.10. The maximum absolute atomic E-state index is 14.6. The molecule has 1 N–H and O–H groups in total. The largest absolute Gasteiger partial charge is 0.451 e. The maximum atomic E-state index is 14.6. The first-order valence-electron chi connectivity index (χ1n) is 18.9. The summed E-state index contributed by atoms with van der Waals surface area (Å²) in [6, 6.07) is 29.3. The fraction of sp³-hybridized carbons (Fsp3) is 0.535. The number of carbonyl (C=O) groups is 2. The summed E-state index contributed by atoms with van der Waals surface area (Å²) in [4.78, 5) is 30.6. The molecular weight excluding hydrogens is 608 g/mol. The van der Waals surface area contributed by atoms with E-state index in [4.69, 9.17) is 9.47 Å². The van der Waals surface area contributed by atoms with Crippen LogP contribution in [0.15, 0.2) is 91.0 Å². The average molecular weight is 665 g/mol. The number of fused-ring (bicyclic) bond motifs is 1. The summed E-state index contributed by atoms with van der Waals surface area (Å²) >= 11 is 0. The molecular formula is C43H56N2O4. The highest BCUT2D eigenvalue weighted by molar-refractivity contribution is 5.88. The maximum Gasteiger partial charge on any atom is 0.329 e.